The second-order valence-electron chi connectivity index (χ2n) is 7.42. The van der Waals surface area contributed by atoms with E-state index < -0.39 is 5.54 Å². The van der Waals surface area contributed by atoms with Gasteiger partial charge in [-0.2, -0.15) is 0 Å². The summed E-state index contributed by atoms with van der Waals surface area (Å²) in [6.45, 7) is 8.65. The molecule has 3 N–H and O–H groups in total. The number of aliphatic hydroxyl groups is 1. The molecule has 0 aliphatic rings. The fourth-order valence-electron chi connectivity index (χ4n) is 2.46. The van der Waals surface area contributed by atoms with Crippen LogP contribution in [0.1, 0.15) is 31.9 Å². The van der Waals surface area contributed by atoms with Gasteiger partial charge in [-0.1, -0.05) is 33.6 Å². The van der Waals surface area contributed by atoms with Crippen molar-refractivity contribution < 1.29 is 19.4 Å². The van der Waals surface area contributed by atoms with Gasteiger partial charge in [-0.15, -0.1) is 0 Å². The molecule has 1 amide bonds. The predicted octanol–water partition coefficient (Wildman–Crippen LogP) is 4.03. The van der Waals surface area contributed by atoms with Crippen LogP contribution in [0.3, 0.4) is 0 Å². The molecule has 0 aromatic heterocycles. The standard InChI is InChI=1S/C22H29BrN2O4/c1-5-28-19-10-16(12-24-22(3,4)14-26)18(23)11-20(19)29-13-21(27)25-17-8-6-15(2)7-9-17/h6-11,24,26H,5,12-14H2,1-4H3,(H,25,27). The number of benzene rings is 2. The van der Waals surface area contributed by atoms with E-state index in [9.17, 15) is 9.90 Å². The van der Waals surface area contributed by atoms with Crippen LogP contribution in [-0.2, 0) is 11.3 Å². The minimum absolute atomic E-state index is 0.0280. The van der Waals surface area contributed by atoms with Crippen LogP contribution < -0.4 is 20.1 Å². The molecule has 0 aliphatic heterocycles. The topological polar surface area (TPSA) is 79.8 Å². The molecule has 7 heteroatoms. The Kier molecular flexibility index (Phi) is 8.49. The molecule has 0 aliphatic carbocycles. The number of nitrogens with one attached hydrogen (secondary N) is 2. The number of carbonyl (C=O) groups excluding carboxylic acids is 1. The number of amides is 1. The van der Waals surface area contributed by atoms with Gasteiger partial charge in [0.25, 0.3) is 5.91 Å². The van der Waals surface area contributed by atoms with Gasteiger partial charge in [0.15, 0.2) is 18.1 Å². The van der Waals surface area contributed by atoms with E-state index in [0.29, 0.717) is 24.7 Å². The molecule has 0 bridgehead atoms. The highest BCUT2D eigenvalue weighted by atomic mass is 79.9. The lowest BCUT2D eigenvalue weighted by Gasteiger charge is -2.24. The number of carbonyl (C=O) groups is 1. The Balaban J connectivity index is 2.05. The Morgan fingerprint density at radius 3 is 2.41 bits per heavy atom. The number of hydrogen-bond donors (Lipinski definition) is 3. The number of aliphatic hydroxyl groups excluding tert-OH is 1. The van der Waals surface area contributed by atoms with Crippen molar-refractivity contribution in [3.63, 3.8) is 0 Å². The molecule has 0 atom stereocenters. The van der Waals surface area contributed by atoms with Gasteiger partial charge in [-0.25, -0.2) is 0 Å². The predicted molar refractivity (Wildman–Crippen MR) is 119 cm³/mol. The van der Waals surface area contributed by atoms with Crippen molar-refractivity contribution in [2.24, 2.45) is 0 Å². The Hall–Kier alpha value is -2.09. The molecule has 29 heavy (non-hydrogen) atoms. The summed E-state index contributed by atoms with van der Waals surface area (Å²) >= 11 is 3.55. The summed E-state index contributed by atoms with van der Waals surface area (Å²) in [4.78, 5) is 12.2. The summed E-state index contributed by atoms with van der Waals surface area (Å²) in [5.41, 5.74) is 2.42. The molecule has 0 fully saturated rings. The first-order valence-corrected chi connectivity index (χ1v) is 10.3. The maximum absolute atomic E-state index is 12.2. The summed E-state index contributed by atoms with van der Waals surface area (Å²) in [7, 11) is 0. The lowest BCUT2D eigenvalue weighted by Crippen LogP contribution is -2.42. The monoisotopic (exact) mass is 464 g/mol. The number of ether oxygens (including phenoxy) is 2. The van der Waals surface area contributed by atoms with Gasteiger partial charge in [0.1, 0.15) is 0 Å². The Morgan fingerprint density at radius 1 is 1.14 bits per heavy atom. The second-order valence-corrected chi connectivity index (χ2v) is 8.28. The molecule has 0 heterocycles. The highest BCUT2D eigenvalue weighted by Crippen LogP contribution is 2.34. The summed E-state index contributed by atoms with van der Waals surface area (Å²) in [5, 5.41) is 15.5. The lowest BCUT2D eigenvalue weighted by molar-refractivity contribution is -0.118. The highest BCUT2D eigenvalue weighted by molar-refractivity contribution is 9.10. The Bertz CT molecular complexity index is 822. The van der Waals surface area contributed by atoms with E-state index >= 15 is 0 Å². The molecule has 2 aromatic carbocycles. The average molecular weight is 465 g/mol. The Labute approximate surface area is 180 Å². The van der Waals surface area contributed by atoms with E-state index in [1.165, 1.54) is 0 Å². The van der Waals surface area contributed by atoms with E-state index in [-0.39, 0.29) is 19.1 Å². The quantitative estimate of drug-likeness (QED) is 0.494. The molecule has 2 rings (SSSR count). The normalized spacial score (nSPS) is 11.2. The van der Waals surface area contributed by atoms with Gasteiger partial charge in [0.05, 0.1) is 13.2 Å². The molecular weight excluding hydrogens is 436 g/mol. The van der Waals surface area contributed by atoms with Crippen LogP contribution in [0.25, 0.3) is 0 Å². The van der Waals surface area contributed by atoms with E-state index in [1.54, 1.807) is 6.07 Å². The van der Waals surface area contributed by atoms with Gasteiger partial charge in [0.2, 0.25) is 0 Å². The van der Waals surface area contributed by atoms with Gasteiger partial charge in [-0.05, 0) is 57.5 Å². The van der Waals surface area contributed by atoms with Gasteiger partial charge in [-0.3, -0.25) is 4.79 Å². The van der Waals surface area contributed by atoms with Crippen LogP contribution in [0.5, 0.6) is 11.5 Å². The summed E-state index contributed by atoms with van der Waals surface area (Å²) < 4.78 is 12.3. The van der Waals surface area contributed by atoms with Crippen molar-refractivity contribution in [1.82, 2.24) is 5.32 Å². The summed E-state index contributed by atoms with van der Waals surface area (Å²) in [6.07, 6.45) is 0. The van der Waals surface area contributed by atoms with Crippen LogP contribution in [-0.4, -0.2) is 36.4 Å². The summed E-state index contributed by atoms with van der Waals surface area (Å²) in [6, 6.07) is 11.3. The van der Waals surface area contributed by atoms with Crippen molar-refractivity contribution in [2.75, 3.05) is 25.1 Å². The number of halogens is 1. The van der Waals surface area contributed by atoms with Crippen LogP contribution in [0, 0.1) is 6.92 Å². The lowest BCUT2D eigenvalue weighted by atomic mass is 10.1. The van der Waals surface area contributed by atoms with Crippen LogP contribution in [0.15, 0.2) is 40.9 Å². The van der Waals surface area contributed by atoms with Crippen molar-refractivity contribution in [3.05, 3.63) is 52.0 Å². The fourth-order valence-corrected chi connectivity index (χ4v) is 2.92. The van der Waals surface area contributed by atoms with Crippen molar-refractivity contribution in [2.45, 2.75) is 39.8 Å². The van der Waals surface area contributed by atoms with E-state index in [1.807, 2.05) is 58.0 Å². The molecule has 0 spiro atoms. The van der Waals surface area contributed by atoms with Crippen molar-refractivity contribution >= 4 is 27.5 Å². The largest absolute Gasteiger partial charge is 0.490 e. The third kappa shape index (κ3) is 7.34. The number of hydrogen-bond acceptors (Lipinski definition) is 5. The van der Waals surface area contributed by atoms with Gasteiger partial charge >= 0.3 is 0 Å². The molecule has 0 saturated carbocycles. The van der Waals surface area contributed by atoms with E-state index in [0.717, 1.165) is 21.3 Å². The van der Waals surface area contributed by atoms with Crippen molar-refractivity contribution in [3.8, 4) is 11.5 Å². The minimum atomic E-state index is -0.394. The maximum Gasteiger partial charge on any atom is 0.262 e. The van der Waals surface area contributed by atoms with Gasteiger partial charge in [0, 0.05) is 22.2 Å². The zero-order valence-electron chi connectivity index (χ0n) is 17.3. The number of rotatable bonds is 10. The first-order valence-electron chi connectivity index (χ1n) is 9.54. The first-order chi connectivity index (χ1) is 13.7. The molecule has 6 nitrogen and oxygen atoms in total. The molecule has 0 unspecified atom stereocenters. The molecule has 158 valence electrons. The van der Waals surface area contributed by atoms with Gasteiger partial charge < -0.3 is 25.2 Å². The summed E-state index contributed by atoms with van der Waals surface area (Å²) in [5.74, 6) is 0.809. The molecule has 2 aromatic rings. The average Bonchev–Trinajstić information content (AvgIpc) is 2.69. The van der Waals surface area contributed by atoms with E-state index in [2.05, 4.69) is 26.6 Å². The zero-order valence-corrected chi connectivity index (χ0v) is 18.9. The fraction of sp³-hybridized carbons (Fsp3) is 0.409. The SMILES string of the molecule is CCOc1cc(CNC(C)(C)CO)c(Br)cc1OCC(=O)Nc1ccc(C)cc1. The Morgan fingerprint density at radius 2 is 1.79 bits per heavy atom. The van der Waals surface area contributed by atoms with Crippen molar-refractivity contribution in [1.29, 1.82) is 0 Å². The smallest absolute Gasteiger partial charge is 0.262 e. The number of aryl methyl sites for hydroxylation is 1. The molecular formula is C22H29BrN2O4. The molecule has 0 radical (unpaired) electrons. The third-order valence-corrected chi connectivity index (χ3v) is 5.00. The first kappa shape index (κ1) is 23.2. The minimum Gasteiger partial charge on any atom is -0.490 e. The van der Waals surface area contributed by atoms with E-state index in [4.69, 9.17) is 9.47 Å². The second kappa shape index (κ2) is 10.6. The maximum atomic E-state index is 12.2. The van der Waals surface area contributed by atoms with Crippen LogP contribution in [0.4, 0.5) is 5.69 Å². The molecule has 0 saturated heterocycles. The van der Waals surface area contributed by atoms with Crippen LogP contribution in [0.2, 0.25) is 0 Å². The third-order valence-electron chi connectivity index (χ3n) is 4.26. The van der Waals surface area contributed by atoms with Crippen LogP contribution >= 0.6 is 15.9 Å². The zero-order chi connectivity index (χ0) is 21.4. The highest BCUT2D eigenvalue weighted by Gasteiger charge is 2.18. The number of anilines is 1.